The second-order valence-corrected chi connectivity index (χ2v) is 81.3. The molecule has 0 aliphatic heterocycles. The van der Waals surface area contributed by atoms with Gasteiger partial charge >= 0.3 is 430 Å². The van der Waals surface area contributed by atoms with Crippen molar-refractivity contribution in [3.63, 3.8) is 0 Å². The molecule has 0 fully saturated rings. The van der Waals surface area contributed by atoms with E-state index < -0.39 is 80.7 Å². The van der Waals surface area contributed by atoms with Gasteiger partial charge in [0.25, 0.3) is 0 Å². The zero-order chi connectivity index (χ0) is 51.0. The molecular formula is C54H99Cl3Si10Ti. The van der Waals surface area contributed by atoms with E-state index in [2.05, 4.69) is 261 Å². The van der Waals surface area contributed by atoms with Crippen LogP contribution in [-0.4, -0.2) is 80.7 Å². The second kappa shape index (κ2) is 20.8. The molecular weight excluding hydrogens is 1080 g/mol. The molecule has 0 bridgehead atoms. The van der Waals surface area contributed by atoms with Crippen molar-refractivity contribution in [2.45, 2.75) is 208 Å². The molecule has 0 atom stereocenters. The van der Waals surface area contributed by atoms with Gasteiger partial charge in [-0.05, 0) is 0 Å². The molecule has 0 nitrogen and oxygen atoms in total. The molecule has 0 saturated heterocycles. The fraction of sp³-hybridized carbons (Fsp3) is 0.593. The van der Waals surface area contributed by atoms with Crippen molar-refractivity contribution in [2.75, 3.05) is 0 Å². The Labute approximate surface area is 462 Å². The van der Waals surface area contributed by atoms with Crippen molar-refractivity contribution in [3.05, 3.63) is 58.7 Å². The summed E-state index contributed by atoms with van der Waals surface area (Å²) in [6.07, 6.45) is 0. The summed E-state index contributed by atoms with van der Waals surface area (Å²) in [6, 6.07) is 17.5. The molecule has 0 aromatic heterocycles. The normalized spacial score (nSPS) is 15.9. The Balaban J connectivity index is 0.00000771. The minimum atomic E-state index is -3.36. The molecule has 3 aromatic carbocycles. The van der Waals surface area contributed by atoms with Crippen LogP contribution in [0.15, 0.2) is 58.7 Å². The van der Waals surface area contributed by atoms with Crippen LogP contribution in [0.4, 0.5) is 0 Å². The van der Waals surface area contributed by atoms with Crippen molar-refractivity contribution in [3.8, 4) is 0 Å². The standard InChI is InChI=1S/C54H99Si10.3ClH.Ti/c1-38-39(2)41(4)51(40(38)3)64(52-45(58(14,15)16)32-42(55(5,6)7)33-46(52)59(17,18)19,53-47(60(20,21)22)34-43(56(8,9)10)35-48(53)61(23,24)25)54-49(62(26,27)28)36-44(57(11,12)13)37-50(54)63(29,30)31;;;;/h32-37H,1-31H3;3*1H;/q;;;;+3/p-3. The van der Waals surface area contributed by atoms with E-state index in [4.69, 9.17) is 0 Å². The first-order valence-corrected chi connectivity index (χ1v) is 59.5. The number of rotatable bonds is 13. The van der Waals surface area contributed by atoms with Crippen LogP contribution in [-0.2, 0) is 20.4 Å². The molecule has 1 aliphatic carbocycles. The maximum absolute atomic E-state index is 3.36. The molecule has 68 heavy (non-hydrogen) atoms. The Kier molecular flexibility index (Phi) is 20.5. The fourth-order valence-electron chi connectivity index (χ4n) is 10.9. The summed E-state index contributed by atoms with van der Waals surface area (Å²) in [5.74, 6) is 0. The molecule has 0 radical (unpaired) electrons. The van der Waals surface area contributed by atoms with Gasteiger partial charge in [-0.15, -0.1) is 0 Å². The van der Waals surface area contributed by atoms with Gasteiger partial charge in [-0.1, -0.05) is 0 Å². The van der Waals surface area contributed by atoms with Gasteiger partial charge in [0.15, 0.2) is 0 Å². The van der Waals surface area contributed by atoms with Gasteiger partial charge in [0.1, 0.15) is 0 Å². The van der Waals surface area contributed by atoms with Gasteiger partial charge < -0.3 is 37.2 Å². The molecule has 14 heteroatoms. The number of hydrogen-bond donors (Lipinski definition) is 0. The minimum Gasteiger partial charge on any atom is -1.00 e. The molecule has 0 saturated carbocycles. The van der Waals surface area contributed by atoms with Gasteiger partial charge in [-0.3, -0.25) is 0 Å². The van der Waals surface area contributed by atoms with Crippen LogP contribution in [0.5, 0.6) is 0 Å². The first-order valence-electron chi connectivity index (χ1n) is 25.2. The summed E-state index contributed by atoms with van der Waals surface area (Å²) >= 11 is 2.89. The van der Waals surface area contributed by atoms with Gasteiger partial charge in [-0.2, -0.15) is 0 Å². The first kappa shape index (κ1) is 66.9. The summed E-state index contributed by atoms with van der Waals surface area (Å²) in [4.78, 5) is 0. The zero-order valence-corrected chi connectivity index (χ0v) is 63.4. The monoisotopic (exact) mass is 1180 g/mol. The molecule has 0 amide bonds. The van der Waals surface area contributed by atoms with Crippen molar-refractivity contribution in [2.24, 2.45) is 0 Å². The van der Waals surface area contributed by atoms with E-state index in [0.29, 0.717) is 0 Å². The van der Waals surface area contributed by atoms with Crippen LogP contribution >= 0.6 is 0 Å². The van der Waals surface area contributed by atoms with Crippen molar-refractivity contribution < 1.29 is 57.7 Å². The first-order chi connectivity index (χ1) is 28.5. The summed E-state index contributed by atoms with van der Waals surface area (Å²) < 4.78 is -0.183. The van der Waals surface area contributed by atoms with Gasteiger partial charge in [0, 0.05) is 0 Å². The Hall–Kier alpha value is 0.893. The zero-order valence-electron chi connectivity index (χ0n) is 49.6. The van der Waals surface area contributed by atoms with Crippen LogP contribution in [0.25, 0.3) is 0 Å². The van der Waals surface area contributed by atoms with E-state index in [0.717, 1.165) is 0 Å². The topological polar surface area (TPSA) is 0 Å². The number of halogens is 3. The third-order valence-electron chi connectivity index (χ3n) is 15.4. The molecule has 0 heterocycles. The van der Waals surface area contributed by atoms with Crippen LogP contribution < -0.4 is 99.5 Å². The predicted octanol–water partition coefficient (Wildman–Crippen LogP) is 1.01. The van der Waals surface area contributed by atoms with Crippen LogP contribution in [0, 0.1) is 0 Å². The van der Waals surface area contributed by atoms with Crippen LogP contribution in [0.1, 0.15) is 27.7 Å². The second-order valence-electron chi connectivity index (χ2n) is 30.1. The summed E-state index contributed by atoms with van der Waals surface area (Å²) in [5, 5.41) is 21.7. The van der Waals surface area contributed by atoms with Gasteiger partial charge in [-0.25, -0.2) is 0 Å². The average molecular weight is 1180 g/mol. The number of benzene rings is 3. The van der Waals surface area contributed by atoms with E-state index in [1.54, 1.807) is 37.9 Å². The Morgan fingerprint density at radius 3 is 0.544 bits per heavy atom. The van der Waals surface area contributed by atoms with Gasteiger partial charge in [0.05, 0.1) is 0 Å². The minimum absolute atomic E-state index is 0. The molecule has 0 spiro atoms. The molecule has 380 valence electrons. The third kappa shape index (κ3) is 12.3. The maximum atomic E-state index is 2.92. The van der Waals surface area contributed by atoms with Gasteiger partial charge in [0.2, 0.25) is 0 Å². The average Bonchev–Trinajstić information content (AvgIpc) is 3.23. The molecule has 1 aliphatic rings. The van der Waals surface area contributed by atoms with E-state index in [1.807, 2.05) is 46.7 Å². The van der Waals surface area contributed by atoms with E-state index in [9.17, 15) is 0 Å². The smallest absolute Gasteiger partial charge is 1.00 e. The van der Waals surface area contributed by atoms with E-state index >= 15 is 0 Å². The Bertz CT molecular complexity index is 2090. The number of hydrogen-bond acceptors (Lipinski definition) is 0. The predicted molar refractivity (Wildman–Crippen MR) is 330 cm³/mol. The summed E-state index contributed by atoms with van der Waals surface area (Å²) in [6.45, 7) is 83.3. The quantitative estimate of drug-likeness (QED) is 0.178. The van der Waals surface area contributed by atoms with Crippen LogP contribution in [0.3, 0.4) is 0 Å². The maximum Gasteiger partial charge on any atom is -1.00 e. The summed E-state index contributed by atoms with van der Waals surface area (Å²) in [5.41, 5.74) is 6.47. The number of allylic oxidation sites excluding steroid dienone is 4. The van der Waals surface area contributed by atoms with E-state index in [1.165, 1.54) is 0 Å². The molecule has 3 aromatic rings. The third-order valence-corrected chi connectivity index (χ3v) is 43.7. The van der Waals surface area contributed by atoms with Crippen LogP contribution in [0.2, 0.25) is 180 Å². The molecule has 0 N–H and O–H groups in total. The SMILES string of the molecule is CC1=C(C)[C]([Ti+3])([Si](c2c([Si](C)(C)C)cc([Si](C)(C)C)cc2[Si](C)(C)C)(c2c([Si](C)(C)C)cc([Si](C)(C)C)cc2[Si](C)(C)C)c2c([Si](C)(C)C)cc([Si](C)(C)C)cc2[Si](C)(C)C)C(C)=C1C.[Cl-].[Cl-].[Cl-]. The fourth-order valence-corrected chi connectivity index (χ4v) is 43.1. The van der Waals surface area contributed by atoms with Crippen molar-refractivity contribution in [1.82, 2.24) is 0 Å². The Morgan fingerprint density at radius 1 is 0.279 bits per heavy atom. The molecule has 4 rings (SSSR count). The van der Waals surface area contributed by atoms with Crippen molar-refractivity contribution in [1.29, 1.82) is 0 Å². The van der Waals surface area contributed by atoms with Crippen molar-refractivity contribution >= 4 is 143 Å². The van der Waals surface area contributed by atoms with E-state index in [-0.39, 0.29) is 40.6 Å². The Morgan fingerprint density at radius 2 is 0.426 bits per heavy atom. The molecule has 0 unspecified atom stereocenters. The largest absolute Gasteiger partial charge is 1.00 e. The summed E-state index contributed by atoms with van der Waals surface area (Å²) in [7, 11) is -21.0.